The second kappa shape index (κ2) is 7.97. The number of fused-ring (bicyclic) bond motifs is 2. The Labute approximate surface area is 193 Å². The first-order chi connectivity index (χ1) is 16.0. The molecule has 33 heavy (non-hydrogen) atoms. The summed E-state index contributed by atoms with van der Waals surface area (Å²) in [5.41, 5.74) is 3.11. The Morgan fingerprint density at radius 3 is 2.48 bits per heavy atom. The molecule has 3 aromatic rings. The van der Waals surface area contributed by atoms with E-state index in [0.717, 1.165) is 16.8 Å². The topological polar surface area (TPSA) is 81.0 Å². The Morgan fingerprint density at radius 2 is 1.79 bits per heavy atom. The smallest absolute Gasteiger partial charge is 0.338 e. The van der Waals surface area contributed by atoms with Crippen LogP contribution in [0.2, 0.25) is 0 Å². The van der Waals surface area contributed by atoms with E-state index < -0.39 is 12.0 Å². The van der Waals surface area contributed by atoms with Crippen LogP contribution in [0.15, 0.2) is 75.7 Å². The summed E-state index contributed by atoms with van der Waals surface area (Å²) in [7, 11) is 1.31. The molecule has 2 aliphatic rings. The fraction of sp³-hybridized carbons (Fsp3) is 0.200. The van der Waals surface area contributed by atoms with Crippen molar-refractivity contribution in [3.8, 4) is 0 Å². The number of para-hydroxylation sites is 1. The van der Waals surface area contributed by atoms with Crippen LogP contribution in [0.4, 0.5) is 5.69 Å². The monoisotopic (exact) mass is 459 g/mol. The molecule has 0 N–H and O–H groups in total. The number of rotatable bonds is 3. The third kappa shape index (κ3) is 3.09. The van der Waals surface area contributed by atoms with Crippen molar-refractivity contribution in [1.82, 2.24) is 4.57 Å². The number of carbonyl (C=O) groups is 2. The van der Waals surface area contributed by atoms with Crippen molar-refractivity contribution in [3.63, 3.8) is 0 Å². The van der Waals surface area contributed by atoms with E-state index in [0.29, 0.717) is 32.7 Å². The number of thiazole rings is 1. The number of hydrogen-bond donors (Lipinski definition) is 0. The second-order valence-corrected chi connectivity index (χ2v) is 8.72. The van der Waals surface area contributed by atoms with Gasteiger partial charge < -0.3 is 9.64 Å². The summed E-state index contributed by atoms with van der Waals surface area (Å²) in [4.78, 5) is 46.6. The van der Waals surface area contributed by atoms with E-state index in [4.69, 9.17) is 4.74 Å². The predicted octanol–water partition coefficient (Wildman–Crippen LogP) is 2.14. The van der Waals surface area contributed by atoms with Crippen molar-refractivity contribution in [1.29, 1.82) is 0 Å². The van der Waals surface area contributed by atoms with Crippen molar-refractivity contribution < 1.29 is 14.3 Å². The number of hydrogen-bond acceptors (Lipinski definition) is 6. The molecule has 3 heterocycles. The van der Waals surface area contributed by atoms with Crippen molar-refractivity contribution in [2.45, 2.75) is 19.9 Å². The van der Waals surface area contributed by atoms with Crippen LogP contribution >= 0.6 is 11.3 Å². The number of carbonyl (C=O) groups excluding carboxylic acids is 2. The Balaban J connectivity index is 1.85. The normalized spacial score (nSPS) is 18.7. The van der Waals surface area contributed by atoms with Crippen LogP contribution in [0.25, 0.3) is 5.57 Å². The highest BCUT2D eigenvalue weighted by Gasteiger charge is 2.36. The van der Waals surface area contributed by atoms with Crippen LogP contribution in [0, 0.1) is 0 Å². The summed E-state index contributed by atoms with van der Waals surface area (Å²) in [6.45, 7) is 4.13. The van der Waals surface area contributed by atoms with Crippen LogP contribution in [0.1, 0.15) is 31.0 Å². The molecule has 0 spiro atoms. The zero-order valence-corrected chi connectivity index (χ0v) is 19.2. The molecule has 0 saturated carbocycles. The average Bonchev–Trinajstić information content (AvgIpc) is 3.30. The molecule has 1 aromatic heterocycles. The molecule has 0 fully saturated rings. The molecule has 1 amide bonds. The predicted molar refractivity (Wildman–Crippen MR) is 126 cm³/mol. The summed E-state index contributed by atoms with van der Waals surface area (Å²) in [5.74, 6) is -0.744. The van der Waals surface area contributed by atoms with Gasteiger partial charge in [0.15, 0.2) is 4.80 Å². The van der Waals surface area contributed by atoms with E-state index in [1.807, 2.05) is 61.5 Å². The lowest BCUT2D eigenvalue weighted by Crippen LogP contribution is -2.40. The number of allylic oxidation sites excluding steroid dienone is 1. The molecule has 8 heteroatoms. The summed E-state index contributed by atoms with van der Waals surface area (Å²) < 4.78 is 6.86. The summed E-state index contributed by atoms with van der Waals surface area (Å²) in [6, 6.07) is 16.1. The number of nitrogens with zero attached hydrogens (tertiary/aromatic N) is 3. The van der Waals surface area contributed by atoms with Gasteiger partial charge in [-0.3, -0.25) is 14.2 Å². The first kappa shape index (κ1) is 21.1. The zero-order chi connectivity index (χ0) is 23.3. The number of methoxy groups -OCH3 is 1. The van der Waals surface area contributed by atoms with Gasteiger partial charge in [0.25, 0.3) is 11.5 Å². The lowest BCUT2D eigenvalue weighted by atomic mass is 9.96. The molecule has 0 saturated heterocycles. The molecule has 1 atom stereocenters. The standard InChI is InChI=1S/C25H21N3O4S/c1-4-27-17-13-9-8-12-16(17)19(22(27)29)21-23(30)28-20(15-10-6-5-7-11-15)18(24(31)32-3)14(2)26-25(28)33-21/h5-13,20H,4H2,1-3H3/b21-19-/t20-/m1/s1. The molecular formula is C25H21N3O4S. The van der Waals surface area contributed by atoms with Gasteiger partial charge in [0.2, 0.25) is 0 Å². The average molecular weight is 460 g/mol. The van der Waals surface area contributed by atoms with E-state index in [-0.39, 0.29) is 11.5 Å². The van der Waals surface area contributed by atoms with Gasteiger partial charge >= 0.3 is 5.97 Å². The van der Waals surface area contributed by atoms with Crippen LogP contribution < -0.4 is 19.8 Å². The Kier molecular flexibility index (Phi) is 5.09. The molecule has 0 radical (unpaired) electrons. The van der Waals surface area contributed by atoms with E-state index in [1.54, 1.807) is 11.8 Å². The fourth-order valence-electron chi connectivity index (χ4n) is 4.51. The molecular weight excluding hydrogens is 438 g/mol. The van der Waals surface area contributed by atoms with Gasteiger partial charge in [0.1, 0.15) is 4.53 Å². The van der Waals surface area contributed by atoms with E-state index in [1.165, 1.54) is 23.0 Å². The lowest BCUT2D eigenvalue weighted by molar-refractivity contribution is -0.136. The number of amides is 1. The van der Waals surface area contributed by atoms with Gasteiger partial charge in [-0.25, -0.2) is 9.79 Å². The van der Waals surface area contributed by atoms with Crippen molar-refractivity contribution in [3.05, 3.63) is 96.7 Å². The summed E-state index contributed by atoms with van der Waals surface area (Å²) >= 11 is 1.18. The molecule has 2 aromatic carbocycles. The van der Waals surface area contributed by atoms with E-state index in [2.05, 4.69) is 4.99 Å². The van der Waals surface area contributed by atoms with Crippen LogP contribution in [-0.4, -0.2) is 30.1 Å². The highest BCUT2D eigenvalue weighted by Crippen LogP contribution is 2.35. The van der Waals surface area contributed by atoms with E-state index >= 15 is 0 Å². The number of likely N-dealkylation sites (N-methyl/N-ethyl adjacent to an activating group) is 1. The molecule has 0 aliphatic carbocycles. The maximum absolute atomic E-state index is 13.8. The van der Waals surface area contributed by atoms with Gasteiger partial charge in [0.05, 0.1) is 35.7 Å². The Morgan fingerprint density at radius 1 is 1.09 bits per heavy atom. The largest absolute Gasteiger partial charge is 0.466 e. The number of esters is 1. The first-order valence-electron chi connectivity index (χ1n) is 10.6. The minimum absolute atomic E-state index is 0.205. The number of ether oxygens (including phenoxy) is 1. The first-order valence-corrected chi connectivity index (χ1v) is 11.4. The third-order valence-corrected chi connectivity index (χ3v) is 7.04. The van der Waals surface area contributed by atoms with Crippen molar-refractivity contribution in [2.75, 3.05) is 18.6 Å². The maximum atomic E-state index is 13.8. The van der Waals surface area contributed by atoms with Gasteiger partial charge in [0, 0.05) is 12.1 Å². The SMILES string of the molecule is CCN1C(=O)/C(=c2\sc3n(c2=O)[C@H](c2ccccc2)C(C(=O)OC)=C(C)N=3)c2ccccc21. The minimum Gasteiger partial charge on any atom is -0.466 e. The lowest BCUT2D eigenvalue weighted by Gasteiger charge is -2.24. The zero-order valence-electron chi connectivity index (χ0n) is 18.4. The van der Waals surface area contributed by atoms with Crippen LogP contribution in [-0.2, 0) is 14.3 Å². The Bertz CT molecular complexity index is 1510. The van der Waals surface area contributed by atoms with Gasteiger partial charge in [-0.1, -0.05) is 59.9 Å². The van der Waals surface area contributed by atoms with E-state index in [9.17, 15) is 14.4 Å². The molecule has 5 rings (SSSR count). The number of benzene rings is 2. The van der Waals surface area contributed by atoms with Crippen LogP contribution in [0.5, 0.6) is 0 Å². The summed E-state index contributed by atoms with van der Waals surface area (Å²) in [5, 5.41) is 0. The van der Waals surface area contributed by atoms with Gasteiger partial charge in [-0.2, -0.15) is 0 Å². The quantitative estimate of drug-likeness (QED) is 0.562. The molecule has 2 aliphatic heterocycles. The molecule has 7 nitrogen and oxygen atoms in total. The highest BCUT2D eigenvalue weighted by atomic mass is 32.1. The minimum atomic E-state index is -0.696. The number of aromatic nitrogens is 1. The summed E-state index contributed by atoms with van der Waals surface area (Å²) in [6.07, 6.45) is 0. The maximum Gasteiger partial charge on any atom is 0.338 e. The van der Waals surface area contributed by atoms with Gasteiger partial charge in [-0.05, 0) is 25.5 Å². The molecule has 166 valence electrons. The highest BCUT2D eigenvalue weighted by molar-refractivity contribution is 7.07. The van der Waals surface area contributed by atoms with Crippen LogP contribution in [0.3, 0.4) is 0 Å². The van der Waals surface area contributed by atoms with Gasteiger partial charge in [-0.15, -0.1) is 0 Å². The van der Waals surface area contributed by atoms with Crippen molar-refractivity contribution in [2.24, 2.45) is 4.99 Å². The second-order valence-electron chi connectivity index (χ2n) is 7.75. The Hall–Kier alpha value is -3.78. The van der Waals surface area contributed by atoms with Crippen molar-refractivity contribution >= 4 is 34.5 Å². The third-order valence-electron chi connectivity index (χ3n) is 5.98. The molecule has 0 bridgehead atoms. The molecule has 0 unspecified atom stereocenters. The number of anilines is 1. The fourth-order valence-corrected chi connectivity index (χ4v) is 5.64.